The van der Waals surface area contributed by atoms with E-state index in [0.29, 0.717) is 6.54 Å². The van der Waals surface area contributed by atoms with Crippen LogP contribution in [-0.4, -0.2) is 10.4 Å². The molecule has 0 aliphatic rings. The molecule has 0 spiro atoms. The molecule has 0 aliphatic heterocycles. The van der Waals surface area contributed by atoms with Crippen LogP contribution in [0.4, 0.5) is 0 Å². The molecule has 0 amide bonds. The summed E-state index contributed by atoms with van der Waals surface area (Å²) in [5, 5.41) is 1.17. The minimum Gasteiger partial charge on any atom is -0.340 e. The number of benzene rings is 2. The molecule has 0 saturated carbocycles. The van der Waals surface area contributed by atoms with E-state index in [1.165, 1.54) is 10.9 Å². The molecule has 0 bridgehead atoms. The minimum atomic E-state index is 0.140. The molecule has 1 heterocycles. The summed E-state index contributed by atoms with van der Waals surface area (Å²) in [5.41, 5.74) is 3.04. The molecule has 19 heavy (non-hydrogen) atoms. The summed E-state index contributed by atoms with van der Waals surface area (Å²) in [7, 11) is 0. The third kappa shape index (κ3) is 2.29. The zero-order valence-electron chi connectivity index (χ0n) is 10.8. The van der Waals surface area contributed by atoms with E-state index >= 15 is 0 Å². The van der Waals surface area contributed by atoms with Crippen molar-refractivity contribution >= 4 is 16.7 Å². The Morgan fingerprint density at radius 3 is 2.53 bits per heavy atom. The monoisotopic (exact) mass is 249 g/mol. The molecule has 0 fully saturated rings. The van der Waals surface area contributed by atoms with Crippen LogP contribution >= 0.6 is 0 Å². The van der Waals surface area contributed by atoms with Crippen molar-refractivity contribution < 1.29 is 4.79 Å². The van der Waals surface area contributed by atoms with Gasteiger partial charge in [-0.15, -0.1) is 0 Å². The molecule has 0 aliphatic carbocycles. The molecule has 0 N–H and O–H groups in total. The lowest BCUT2D eigenvalue weighted by Crippen LogP contribution is -2.09. The second kappa shape index (κ2) is 4.73. The highest BCUT2D eigenvalue weighted by atomic mass is 16.1. The molecule has 2 aromatic carbocycles. The van der Waals surface area contributed by atoms with Gasteiger partial charge in [0.05, 0.1) is 6.54 Å². The molecule has 0 saturated heterocycles. The normalized spacial score (nSPS) is 10.8. The predicted octanol–water partition coefficient (Wildman–Crippen LogP) is 3.83. The molecule has 3 aromatic rings. The van der Waals surface area contributed by atoms with E-state index in [4.69, 9.17) is 0 Å². The fourth-order valence-corrected chi connectivity index (χ4v) is 2.26. The number of carbonyl (C=O) groups is 1. The topological polar surface area (TPSA) is 22.0 Å². The lowest BCUT2D eigenvalue weighted by atomic mass is 10.1. The van der Waals surface area contributed by atoms with Crippen molar-refractivity contribution in [3.05, 3.63) is 71.9 Å². The first-order valence-electron chi connectivity index (χ1n) is 6.38. The van der Waals surface area contributed by atoms with Gasteiger partial charge in [-0.1, -0.05) is 48.0 Å². The van der Waals surface area contributed by atoms with Crippen LogP contribution in [0.5, 0.6) is 0 Å². The van der Waals surface area contributed by atoms with Crippen LogP contribution in [0.15, 0.2) is 60.8 Å². The average Bonchev–Trinajstić information content (AvgIpc) is 2.83. The summed E-state index contributed by atoms with van der Waals surface area (Å²) in [5.74, 6) is 0.140. The van der Waals surface area contributed by atoms with Gasteiger partial charge in [-0.2, -0.15) is 0 Å². The Hall–Kier alpha value is -2.35. The number of carbonyl (C=O) groups excluding carboxylic acids is 1. The number of aromatic nitrogens is 1. The van der Waals surface area contributed by atoms with Gasteiger partial charge in [-0.3, -0.25) is 4.79 Å². The molecule has 3 rings (SSSR count). The first kappa shape index (κ1) is 11.7. The maximum absolute atomic E-state index is 12.2. The SMILES string of the molecule is Cc1ccc(C(=O)Cn2ccc3ccccc32)cc1. The predicted molar refractivity (Wildman–Crippen MR) is 77.4 cm³/mol. The number of nitrogens with zero attached hydrogens (tertiary/aromatic N) is 1. The van der Waals surface area contributed by atoms with Gasteiger partial charge >= 0.3 is 0 Å². The number of hydrogen-bond donors (Lipinski definition) is 0. The molecule has 0 unspecified atom stereocenters. The number of hydrogen-bond acceptors (Lipinski definition) is 1. The molecular weight excluding hydrogens is 234 g/mol. The Labute approximate surface area is 112 Å². The van der Waals surface area contributed by atoms with Crippen molar-refractivity contribution in [2.24, 2.45) is 0 Å². The Bertz CT molecular complexity index is 722. The lowest BCUT2D eigenvalue weighted by Gasteiger charge is -2.05. The molecule has 2 nitrogen and oxygen atoms in total. The van der Waals surface area contributed by atoms with Crippen LogP contribution < -0.4 is 0 Å². The van der Waals surface area contributed by atoms with Crippen molar-refractivity contribution in [3.63, 3.8) is 0 Å². The van der Waals surface area contributed by atoms with E-state index in [9.17, 15) is 4.79 Å². The highest BCUT2D eigenvalue weighted by Crippen LogP contribution is 2.16. The van der Waals surface area contributed by atoms with E-state index in [2.05, 4.69) is 6.07 Å². The van der Waals surface area contributed by atoms with Crippen LogP contribution in [0.2, 0.25) is 0 Å². The van der Waals surface area contributed by atoms with Gasteiger partial charge in [0.15, 0.2) is 5.78 Å². The molecule has 0 atom stereocenters. The Morgan fingerprint density at radius 2 is 1.74 bits per heavy atom. The van der Waals surface area contributed by atoms with Crippen LogP contribution in [0.25, 0.3) is 10.9 Å². The molecule has 94 valence electrons. The Balaban J connectivity index is 1.89. The van der Waals surface area contributed by atoms with Gasteiger partial charge in [0, 0.05) is 17.3 Å². The second-order valence-electron chi connectivity index (χ2n) is 4.79. The van der Waals surface area contributed by atoms with Gasteiger partial charge < -0.3 is 4.57 Å². The quantitative estimate of drug-likeness (QED) is 0.646. The summed E-state index contributed by atoms with van der Waals surface area (Å²) >= 11 is 0. The van der Waals surface area contributed by atoms with Crippen molar-refractivity contribution in [2.75, 3.05) is 0 Å². The summed E-state index contributed by atoms with van der Waals surface area (Å²) in [6.45, 7) is 2.41. The standard InChI is InChI=1S/C17H15NO/c1-13-6-8-15(9-7-13)17(19)12-18-11-10-14-4-2-3-5-16(14)18/h2-11H,12H2,1H3. The summed E-state index contributed by atoms with van der Waals surface area (Å²) in [6.07, 6.45) is 1.97. The molecule has 1 aromatic heterocycles. The summed E-state index contributed by atoms with van der Waals surface area (Å²) < 4.78 is 2.00. The first-order valence-corrected chi connectivity index (χ1v) is 6.38. The average molecular weight is 249 g/mol. The number of Topliss-reactive ketones (excluding diaryl/α,β-unsaturated/α-hetero) is 1. The van der Waals surface area contributed by atoms with Crippen molar-refractivity contribution in [1.29, 1.82) is 0 Å². The second-order valence-corrected chi connectivity index (χ2v) is 4.79. The number of ketones is 1. The van der Waals surface area contributed by atoms with Gasteiger partial charge in [0.25, 0.3) is 0 Å². The Kier molecular flexibility index (Phi) is 2.92. The highest BCUT2D eigenvalue weighted by Gasteiger charge is 2.08. The number of rotatable bonds is 3. The third-order valence-electron chi connectivity index (χ3n) is 3.37. The van der Waals surface area contributed by atoms with Gasteiger partial charge in [-0.05, 0) is 24.4 Å². The smallest absolute Gasteiger partial charge is 0.182 e. The minimum absolute atomic E-state index is 0.140. The van der Waals surface area contributed by atoms with Crippen LogP contribution in [-0.2, 0) is 6.54 Å². The number of aryl methyl sites for hydroxylation is 1. The number of fused-ring (bicyclic) bond motifs is 1. The van der Waals surface area contributed by atoms with Crippen molar-refractivity contribution in [1.82, 2.24) is 4.57 Å². The first-order chi connectivity index (χ1) is 9.24. The van der Waals surface area contributed by atoms with E-state index in [-0.39, 0.29) is 5.78 Å². The van der Waals surface area contributed by atoms with Gasteiger partial charge in [0.2, 0.25) is 0 Å². The molecular formula is C17H15NO. The Morgan fingerprint density at radius 1 is 1.00 bits per heavy atom. The maximum Gasteiger partial charge on any atom is 0.182 e. The maximum atomic E-state index is 12.2. The van der Waals surface area contributed by atoms with Crippen LogP contribution in [0.3, 0.4) is 0 Å². The van der Waals surface area contributed by atoms with E-state index in [0.717, 1.165) is 11.1 Å². The largest absolute Gasteiger partial charge is 0.340 e. The third-order valence-corrected chi connectivity index (χ3v) is 3.37. The van der Waals surface area contributed by atoms with E-state index in [1.807, 2.05) is 66.2 Å². The van der Waals surface area contributed by atoms with Crippen LogP contribution in [0.1, 0.15) is 15.9 Å². The fourth-order valence-electron chi connectivity index (χ4n) is 2.26. The van der Waals surface area contributed by atoms with Crippen LogP contribution in [0, 0.1) is 6.92 Å². The summed E-state index contributed by atoms with van der Waals surface area (Å²) in [4.78, 5) is 12.2. The van der Waals surface area contributed by atoms with E-state index in [1.54, 1.807) is 0 Å². The number of para-hydroxylation sites is 1. The fraction of sp³-hybridized carbons (Fsp3) is 0.118. The van der Waals surface area contributed by atoms with Crippen molar-refractivity contribution in [3.8, 4) is 0 Å². The van der Waals surface area contributed by atoms with Gasteiger partial charge in [0.1, 0.15) is 0 Å². The zero-order valence-corrected chi connectivity index (χ0v) is 10.8. The van der Waals surface area contributed by atoms with Gasteiger partial charge in [-0.25, -0.2) is 0 Å². The molecule has 0 radical (unpaired) electrons. The summed E-state index contributed by atoms with van der Waals surface area (Å²) in [6, 6.07) is 17.9. The highest BCUT2D eigenvalue weighted by molar-refractivity contribution is 5.96. The molecule has 2 heteroatoms. The lowest BCUT2D eigenvalue weighted by molar-refractivity contribution is 0.0973. The zero-order chi connectivity index (χ0) is 13.2. The van der Waals surface area contributed by atoms with Crippen molar-refractivity contribution in [2.45, 2.75) is 13.5 Å². The van der Waals surface area contributed by atoms with E-state index < -0.39 is 0 Å².